The molecule has 0 radical (unpaired) electrons. The third kappa shape index (κ3) is 22.7. The van der Waals surface area contributed by atoms with Gasteiger partial charge in [-0.15, -0.1) is 0 Å². The fourth-order valence-corrected chi connectivity index (χ4v) is 17.3. The molecule has 2 nitrogen and oxygen atoms in total. The number of hydrogen-bond donors (Lipinski definition) is 0. The Bertz CT molecular complexity index is 1280. The second-order valence-electron chi connectivity index (χ2n) is 32.6. The maximum Gasteiger partial charge on any atom is 0.0144 e. The van der Waals surface area contributed by atoms with Crippen LogP contribution in [0.5, 0.6) is 0 Å². The Kier molecular flexibility index (Phi) is 19.1. The van der Waals surface area contributed by atoms with Crippen molar-refractivity contribution in [2.75, 3.05) is 33.7 Å². The van der Waals surface area contributed by atoms with Crippen LogP contribution in [0.2, 0.25) is 0 Å². The normalized spacial score (nSPS) is 20.8. The molecular formula is C58H118N2. The van der Waals surface area contributed by atoms with E-state index >= 15 is 0 Å². The molecule has 2 saturated heterocycles. The van der Waals surface area contributed by atoms with Crippen molar-refractivity contribution in [1.82, 2.24) is 9.80 Å². The van der Waals surface area contributed by atoms with E-state index in [1.54, 1.807) is 0 Å². The molecule has 0 aliphatic carbocycles. The van der Waals surface area contributed by atoms with Crippen LogP contribution in [0.15, 0.2) is 0 Å². The van der Waals surface area contributed by atoms with Crippen LogP contribution in [-0.2, 0) is 0 Å². The van der Waals surface area contributed by atoms with E-state index in [4.69, 9.17) is 0 Å². The molecule has 0 aromatic heterocycles. The highest BCUT2D eigenvalue weighted by Gasteiger charge is 2.44. The van der Waals surface area contributed by atoms with Crippen molar-refractivity contribution in [1.29, 1.82) is 0 Å². The summed E-state index contributed by atoms with van der Waals surface area (Å²) in [5.74, 6) is 0.847. The Morgan fingerprint density at radius 1 is 0.333 bits per heavy atom. The lowest BCUT2D eigenvalue weighted by atomic mass is 9.59. The minimum absolute atomic E-state index is 0.364. The first-order valence-corrected chi connectivity index (χ1v) is 25.5. The fourth-order valence-electron chi connectivity index (χ4n) is 17.3. The van der Waals surface area contributed by atoms with Crippen LogP contribution in [-0.4, -0.2) is 49.6 Å². The minimum atomic E-state index is 0.364. The van der Waals surface area contributed by atoms with Crippen LogP contribution in [0.1, 0.15) is 263 Å². The second kappa shape index (κ2) is 19.8. The summed E-state index contributed by atoms with van der Waals surface area (Å²) < 4.78 is 0. The first kappa shape index (κ1) is 57.9. The van der Waals surface area contributed by atoms with Gasteiger partial charge in [0.05, 0.1) is 0 Å². The third-order valence-corrected chi connectivity index (χ3v) is 14.5. The van der Waals surface area contributed by atoms with Gasteiger partial charge in [0, 0.05) is 12.6 Å². The van der Waals surface area contributed by atoms with E-state index in [1.165, 1.54) is 103 Å². The molecule has 0 bridgehead atoms. The molecule has 2 fully saturated rings. The Morgan fingerprint density at radius 3 is 0.867 bits per heavy atom. The minimum Gasteiger partial charge on any atom is -0.306 e. The second-order valence-corrected chi connectivity index (χ2v) is 32.6. The first-order chi connectivity index (χ1) is 26.1. The molecule has 360 valence electrons. The average molecular weight is 844 g/mol. The molecule has 0 saturated carbocycles. The van der Waals surface area contributed by atoms with Crippen LogP contribution in [0.25, 0.3) is 0 Å². The van der Waals surface area contributed by atoms with E-state index in [-0.39, 0.29) is 0 Å². The van der Waals surface area contributed by atoms with Crippen molar-refractivity contribution in [2.24, 2.45) is 70.9 Å². The molecule has 2 heteroatoms. The number of hydrogen-bond acceptors (Lipinski definition) is 2. The van der Waals surface area contributed by atoms with E-state index in [2.05, 4.69) is 204 Å². The van der Waals surface area contributed by atoms with Gasteiger partial charge < -0.3 is 9.80 Å². The van der Waals surface area contributed by atoms with Gasteiger partial charge in [-0.1, -0.05) is 180 Å². The Hall–Kier alpha value is -0.0800. The average Bonchev–Trinajstić information content (AvgIpc) is 3.48. The molecule has 2 heterocycles. The Balaban J connectivity index is 0.000000600. The van der Waals surface area contributed by atoms with E-state index in [0.717, 1.165) is 12.0 Å². The van der Waals surface area contributed by atoms with Crippen LogP contribution < -0.4 is 0 Å². The van der Waals surface area contributed by atoms with Gasteiger partial charge in [-0.05, 0) is 182 Å². The highest BCUT2D eigenvalue weighted by Crippen LogP contribution is 2.54. The zero-order chi connectivity index (χ0) is 47.6. The van der Waals surface area contributed by atoms with Crippen molar-refractivity contribution < 1.29 is 0 Å². The van der Waals surface area contributed by atoms with Crippen LogP contribution in [0.4, 0.5) is 0 Å². The van der Waals surface area contributed by atoms with Gasteiger partial charge in [0.1, 0.15) is 0 Å². The predicted octanol–water partition coefficient (Wildman–Crippen LogP) is 18.3. The Labute approximate surface area is 382 Å². The van der Waals surface area contributed by atoms with Crippen molar-refractivity contribution in [2.45, 2.75) is 270 Å². The van der Waals surface area contributed by atoms with Gasteiger partial charge in [0.15, 0.2) is 0 Å². The molecule has 0 amide bonds. The van der Waals surface area contributed by atoms with E-state index in [9.17, 15) is 0 Å². The van der Waals surface area contributed by atoms with Crippen LogP contribution in [0, 0.1) is 70.9 Å². The predicted molar refractivity (Wildman–Crippen MR) is 274 cm³/mol. The lowest BCUT2D eigenvalue weighted by Gasteiger charge is -2.47. The summed E-state index contributed by atoms with van der Waals surface area (Å²) in [4.78, 5) is 5.13. The largest absolute Gasteiger partial charge is 0.306 e. The van der Waals surface area contributed by atoms with Gasteiger partial charge >= 0.3 is 0 Å². The molecule has 60 heavy (non-hydrogen) atoms. The van der Waals surface area contributed by atoms with Gasteiger partial charge in [0.2, 0.25) is 0 Å². The van der Waals surface area contributed by atoms with Crippen molar-refractivity contribution in [3.63, 3.8) is 0 Å². The summed E-state index contributed by atoms with van der Waals surface area (Å²) >= 11 is 0. The smallest absolute Gasteiger partial charge is 0.0144 e. The van der Waals surface area contributed by atoms with Crippen LogP contribution in [0.3, 0.4) is 0 Å². The molecule has 0 N–H and O–H groups in total. The lowest BCUT2D eigenvalue weighted by Crippen LogP contribution is -2.42. The van der Waals surface area contributed by atoms with E-state index in [1.807, 2.05) is 0 Å². The molecule has 2 aliphatic heterocycles. The van der Waals surface area contributed by atoms with Gasteiger partial charge in [0.25, 0.3) is 0 Å². The molecule has 2 unspecified atom stereocenters. The fraction of sp³-hybridized carbons (Fsp3) is 1.00. The molecule has 2 rings (SSSR count). The first-order valence-electron chi connectivity index (χ1n) is 25.5. The SMILES string of the molecule is CN1CCC(C(C)(C)CC(C)(C)CC(C)(C)CC(C)(C)CC(C)(C)CC(C)(C)C)C1.CN1CCCC1C(C)(C)CC(C)(C)CC(C)(C)CC(C)(C)CC(C)(C)CC(C)(C)C. The van der Waals surface area contributed by atoms with Crippen molar-refractivity contribution in [3.05, 3.63) is 0 Å². The number of rotatable bonds is 20. The monoisotopic (exact) mass is 843 g/mol. The topological polar surface area (TPSA) is 6.48 Å². The summed E-state index contributed by atoms with van der Waals surface area (Å²) in [5.41, 5.74) is 4.62. The van der Waals surface area contributed by atoms with Gasteiger partial charge in [-0.2, -0.15) is 0 Å². The molecule has 0 aromatic rings. The summed E-state index contributed by atoms with van der Waals surface area (Å²) in [5, 5.41) is 0. The zero-order valence-electron chi connectivity index (χ0n) is 47.4. The summed E-state index contributed by atoms with van der Waals surface area (Å²) in [7, 11) is 4.62. The Morgan fingerprint density at radius 2 is 0.617 bits per heavy atom. The molecule has 0 spiro atoms. The van der Waals surface area contributed by atoms with Crippen molar-refractivity contribution in [3.8, 4) is 0 Å². The molecular weight excluding hydrogens is 725 g/mol. The van der Waals surface area contributed by atoms with Crippen LogP contribution >= 0.6 is 0 Å². The maximum atomic E-state index is 2.61. The molecule has 0 aromatic carbocycles. The number of nitrogens with zero attached hydrogens (tertiary/aromatic N) is 2. The van der Waals surface area contributed by atoms with E-state index in [0.29, 0.717) is 65.0 Å². The zero-order valence-corrected chi connectivity index (χ0v) is 47.4. The maximum absolute atomic E-state index is 2.61. The van der Waals surface area contributed by atoms with E-state index < -0.39 is 0 Å². The van der Waals surface area contributed by atoms with Gasteiger partial charge in [-0.3, -0.25) is 0 Å². The highest BCUT2D eigenvalue weighted by atomic mass is 15.2. The quantitative estimate of drug-likeness (QED) is 0.120. The standard InChI is InChI=1S/2C29H59N/c1-24(2,3)18-25(4,5)19-26(6,7)20-27(8,9)21-28(10,11)22-29(12,13)23-15-16-30(14)17-23;1-24(2,3)18-25(4,5)19-26(6,7)20-27(8,9)21-28(10,11)22-29(12,13)23-16-15-17-30(23)14/h2*23H,15-22H2,1-14H3. The number of likely N-dealkylation sites (tertiary alicyclic amines) is 2. The molecule has 2 aliphatic rings. The summed E-state index contributed by atoms with van der Waals surface area (Å²) in [6.07, 6.45) is 17.2. The van der Waals surface area contributed by atoms with Gasteiger partial charge in [-0.25, -0.2) is 0 Å². The van der Waals surface area contributed by atoms with Crippen molar-refractivity contribution >= 4 is 0 Å². The summed E-state index contributed by atoms with van der Waals surface area (Å²) in [6.45, 7) is 68.5. The highest BCUT2D eigenvalue weighted by molar-refractivity contribution is 4.96. The molecule has 2 atom stereocenters. The third-order valence-electron chi connectivity index (χ3n) is 14.5. The summed E-state index contributed by atoms with van der Waals surface area (Å²) in [6, 6.07) is 0.745. The lowest BCUT2D eigenvalue weighted by molar-refractivity contribution is 0.0412.